The lowest BCUT2D eigenvalue weighted by Gasteiger charge is -2.34. The van der Waals surface area contributed by atoms with Crippen molar-refractivity contribution in [3.05, 3.63) is 34.4 Å². The molecule has 2 rings (SSSR count). The van der Waals surface area contributed by atoms with E-state index in [1.807, 2.05) is 12.0 Å². The molecule has 0 aromatic heterocycles. The summed E-state index contributed by atoms with van der Waals surface area (Å²) in [6, 6.07) is 4.23. The molecule has 0 aliphatic heterocycles. The first-order valence-corrected chi connectivity index (χ1v) is 5.90. The zero-order valence-electron chi connectivity index (χ0n) is 10.3. The molecule has 1 aliphatic rings. The van der Waals surface area contributed by atoms with Crippen LogP contribution in [-0.2, 0) is 16.6 Å². The van der Waals surface area contributed by atoms with Crippen LogP contribution in [0.4, 0.5) is 0 Å². The maximum atomic E-state index is 10.4. The molecule has 0 atom stereocenters. The number of hydrogen-bond donors (Lipinski definition) is 0. The van der Waals surface area contributed by atoms with Crippen LogP contribution in [0.5, 0.6) is 0 Å². The smallest absolute Gasteiger partial charge is 0.125 e. The average Bonchev–Trinajstić information content (AvgIpc) is 2.22. The maximum Gasteiger partial charge on any atom is 0.125 e. The number of carbonyl (C=O) groups excluding carboxylic acids is 1. The fourth-order valence-corrected chi connectivity index (χ4v) is 2.79. The minimum Gasteiger partial charge on any atom is -0.233 e. The van der Waals surface area contributed by atoms with E-state index in [4.69, 9.17) is 0 Å². The van der Waals surface area contributed by atoms with Crippen molar-refractivity contribution < 1.29 is 4.79 Å². The topological polar surface area (TPSA) is 17.1 Å². The summed E-state index contributed by atoms with van der Waals surface area (Å²) < 4.78 is 0. The van der Waals surface area contributed by atoms with Gasteiger partial charge in [-0.2, -0.15) is 0 Å². The van der Waals surface area contributed by atoms with Crippen molar-refractivity contribution >= 4 is 12.0 Å². The van der Waals surface area contributed by atoms with Crippen molar-refractivity contribution in [1.82, 2.24) is 0 Å². The normalized spacial score (nSPS) is 17.4. The third-order valence-electron chi connectivity index (χ3n) is 3.81. The van der Waals surface area contributed by atoms with Gasteiger partial charge in [0.2, 0.25) is 0 Å². The van der Waals surface area contributed by atoms with Gasteiger partial charge in [0.25, 0.3) is 0 Å². The molecule has 0 saturated heterocycles. The van der Waals surface area contributed by atoms with Crippen LogP contribution in [-0.4, -0.2) is 5.94 Å². The summed E-state index contributed by atoms with van der Waals surface area (Å²) in [5.74, 6) is 1.88. The van der Waals surface area contributed by atoms with E-state index in [-0.39, 0.29) is 5.41 Å². The Morgan fingerprint density at radius 3 is 2.81 bits per heavy atom. The van der Waals surface area contributed by atoms with Crippen molar-refractivity contribution in [2.24, 2.45) is 0 Å². The zero-order chi connectivity index (χ0) is 11.8. The van der Waals surface area contributed by atoms with Gasteiger partial charge in [0, 0.05) is 6.08 Å². The molecule has 84 valence electrons. The zero-order valence-corrected chi connectivity index (χ0v) is 10.3. The van der Waals surface area contributed by atoms with Gasteiger partial charge in [-0.3, -0.25) is 0 Å². The van der Waals surface area contributed by atoms with Crippen molar-refractivity contribution in [2.75, 3.05) is 0 Å². The van der Waals surface area contributed by atoms with Gasteiger partial charge >= 0.3 is 0 Å². The Labute approximate surface area is 97.2 Å². The third-order valence-corrected chi connectivity index (χ3v) is 3.81. The first-order valence-electron chi connectivity index (χ1n) is 5.90. The lowest BCUT2D eigenvalue weighted by Crippen LogP contribution is -2.24. The predicted octanol–water partition coefficient (Wildman–Crippen LogP) is 3.45. The second kappa shape index (κ2) is 3.92. The molecule has 0 spiro atoms. The molecular weight excluding hydrogens is 196 g/mol. The lowest BCUT2D eigenvalue weighted by atomic mass is 9.71. The summed E-state index contributed by atoms with van der Waals surface area (Å²) in [4.78, 5) is 10.4. The Kier molecular flexibility index (Phi) is 2.73. The molecule has 0 heterocycles. The fraction of sp³-hybridized carbons (Fsp3) is 0.467. The van der Waals surface area contributed by atoms with Gasteiger partial charge in [0.15, 0.2) is 0 Å². The van der Waals surface area contributed by atoms with E-state index in [1.54, 1.807) is 0 Å². The Hall–Kier alpha value is -1.33. The molecule has 1 aliphatic carbocycles. The summed E-state index contributed by atoms with van der Waals surface area (Å²) in [5, 5.41) is 0. The van der Waals surface area contributed by atoms with Crippen molar-refractivity contribution in [3.8, 4) is 0 Å². The SMILES string of the molecule is Cc1c(C=C=O)ccc2c1CCCC2(C)C. The number of rotatable bonds is 1. The van der Waals surface area contributed by atoms with Gasteiger partial charge in [-0.15, -0.1) is 0 Å². The molecule has 1 nitrogen and oxygen atoms in total. The minimum absolute atomic E-state index is 0.280. The van der Waals surface area contributed by atoms with E-state index in [9.17, 15) is 4.79 Å². The highest BCUT2D eigenvalue weighted by Crippen LogP contribution is 2.38. The van der Waals surface area contributed by atoms with Crippen LogP contribution in [0.15, 0.2) is 12.1 Å². The van der Waals surface area contributed by atoms with E-state index in [0.717, 1.165) is 12.0 Å². The average molecular weight is 214 g/mol. The van der Waals surface area contributed by atoms with Crippen molar-refractivity contribution in [3.63, 3.8) is 0 Å². The monoisotopic (exact) mass is 214 g/mol. The van der Waals surface area contributed by atoms with E-state index < -0.39 is 0 Å². The Morgan fingerprint density at radius 2 is 2.12 bits per heavy atom. The van der Waals surface area contributed by atoms with E-state index in [0.29, 0.717) is 0 Å². The lowest BCUT2D eigenvalue weighted by molar-refractivity contribution is 0.431. The van der Waals surface area contributed by atoms with Gasteiger partial charge < -0.3 is 0 Å². The molecule has 0 amide bonds. The van der Waals surface area contributed by atoms with Gasteiger partial charge in [0.1, 0.15) is 5.94 Å². The number of hydrogen-bond acceptors (Lipinski definition) is 1. The predicted molar refractivity (Wildman–Crippen MR) is 67.3 cm³/mol. The van der Waals surface area contributed by atoms with E-state index in [2.05, 4.69) is 26.8 Å². The molecule has 1 aromatic rings. The van der Waals surface area contributed by atoms with Crippen LogP contribution in [0, 0.1) is 6.92 Å². The second-order valence-corrected chi connectivity index (χ2v) is 5.31. The first-order chi connectivity index (χ1) is 7.56. The quantitative estimate of drug-likeness (QED) is 0.654. The molecule has 0 saturated carbocycles. The largest absolute Gasteiger partial charge is 0.233 e. The second-order valence-electron chi connectivity index (χ2n) is 5.31. The van der Waals surface area contributed by atoms with Crippen molar-refractivity contribution in [1.29, 1.82) is 0 Å². The summed E-state index contributed by atoms with van der Waals surface area (Å²) in [6.07, 6.45) is 5.18. The minimum atomic E-state index is 0.280. The van der Waals surface area contributed by atoms with Gasteiger partial charge in [0.05, 0.1) is 0 Å². The van der Waals surface area contributed by atoms with Crippen molar-refractivity contribution in [2.45, 2.75) is 45.4 Å². The molecule has 0 bridgehead atoms. The molecule has 1 aromatic carbocycles. The van der Waals surface area contributed by atoms with E-state index >= 15 is 0 Å². The van der Waals surface area contributed by atoms with Crippen LogP contribution in [0.25, 0.3) is 6.08 Å². The van der Waals surface area contributed by atoms with Crippen LogP contribution in [0.2, 0.25) is 0 Å². The summed E-state index contributed by atoms with van der Waals surface area (Å²) in [6.45, 7) is 6.72. The summed E-state index contributed by atoms with van der Waals surface area (Å²) in [7, 11) is 0. The molecule has 1 heteroatoms. The fourth-order valence-electron chi connectivity index (χ4n) is 2.79. The van der Waals surface area contributed by atoms with Gasteiger partial charge in [-0.1, -0.05) is 26.0 Å². The van der Waals surface area contributed by atoms with Gasteiger partial charge in [-0.25, -0.2) is 4.79 Å². The summed E-state index contributed by atoms with van der Waals surface area (Å²) >= 11 is 0. The van der Waals surface area contributed by atoms with E-state index in [1.165, 1.54) is 35.6 Å². The highest BCUT2D eigenvalue weighted by atomic mass is 16.1. The number of benzene rings is 1. The molecule has 0 N–H and O–H groups in total. The molecular formula is C15H18O. The van der Waals surface area contributed by atoms with Crippen LogP contribution in [0.3, 0.4) is 0 Å². The van der Waals surface area contributed by atoms with Crippen LogP contribution >= 0.6 is 0 Å². The molecule has 0 radical (unpaired) electrons. The highest BCUT2D eigenvalue weighted by molar-refractivity contribution is 5.77. The molecule has 16 heavy (non-hydrogen) atoms. The summed E-state index contributed by atoms with van der Waals surface area (Å²) in [5.41, 5.74) is 5.46. The third kappa shape index (κ3) is 1.72. The van der Waals surface area contributed by atoms with Crippen LogP contribution in [0.1, 0.15) is 48.9 Å². The Balaban J connectivity index is 2.62. The standard InChI is InChI=1S/C15H18O/c1-11-12(8-10-16)6-7-14-13(11)5-4-9-15(14,2)3/h6-8H,4-5,9H2,1-3H3. The molecule has 0 fully saturated rings. The number of fused-ring (bicyclic) bond motifs is 1. The highest BCUT2D eigenvalue weighted by Gasteiger charge is 2.28. The Morgan fingerprint density at radius 1 is 1.38 bits per heavy atom. The molecule has 0 unspecified atom stereocenters. The van der Waals surface area contributed by atoms with Crippen LogP contribution < -0.4 is 0 Å². The maximum absolute atomic E-state index is 10.4. The Bertz CT molecular complexity index is 463. The first kappa shape index (κ1) is 11.2. The van der Waals surface area contributed by atoms with Gasteiger partial charge in [-0.05, 0) is 53.9 Å².